The van der Waals surface area contributed by atoms with Crippen molar-refractivity contribution in [2.45, 2.75) is 32.6 Å². The first-order valence-electron chi connectivity index (χ1n) is 11.8. The quantitative estimate of drug-likeness (QED) is 0.369. The Bertz CT molecular complexity index is 1160. The number of nitrogens with zero attached hydrogens (tertiary/aromatic N) is 3. The molecule has 35 heavy (non-hydrogen) atoms. The third-order valence-electron chi connectivity index (χ3n) is 6.23. The van der Waals surface area contributed by atoms with Crippen molar-refractivity contribution >= 4 is 23.1 Å². The molecule has 1 aliphatic heterocycles. The van der Waals surface area contributed by atoms with E-state index >= 15 is 0 Å². The molecule has 0 radical (unpaired) electrons. The molecule has 2 aromatic rings. The largest absolute Gasteiger partial charge is 0.371 e. The van der Waals surface area contributed by atoms with Crippen LogP contribution < -0.4 is 10.6 Å². The standard InChI is InChI=1S/C29H33N5O/c1-5-6-15-31-22(3)20-32-29(35)33-28-18-27(10-7-21(28)2)23(4)34-16-13-26(14-17-34)25-11-8-24(19-30)9-12-25/h5-12,15,18,26H,1,4,13-14,16-17,20H2,2-3H3,(H2,32,33,35)/b15-6-,31-22?. The van der Waals surface area contributed by atoms with Gasteiger partial charge < -0.3 is 15.5 Å². The van der Waals surface area contributed by atoms with Crippen LogP contribution in [0.5, 0.6) is 0 Å². The van der Waals surface area contributed by atoms with Gasteiger partial charge in [0, 0.05) is 36.4 Å². The summed E-state index contributed by atoms with van der Waals surface area (Å²) in [5, 5.41) is 14.8. The molecule has 1 fully saturated rings. The molecule has 0 spiro atoms. The number of amides is 2. The van der Waals surface area contributed by atoms with E-state index in [1.165, 1.54) is 5.56 Å². The first-order chi connectivity index (χ1) is 16.9. The molecule has 2 N–H and O–H groups in total. The van der Waals surface area contributed by atoms with E-state index in [2.05, 4.69) is 58.0 Å². The van der Waals surface area contributed by atoms with Crippen LogP contribution in [0.2, 0.25) is 0 Å². The first kappa shape index (κ1) is 25.5. The van der Waals surface area contributed by atoms with Gasteiger partial charge in [-0.05, 0) is 73.6 Å². The number of rotatable bonds is 8. The van der Waals surface area contributed by atoms with Crippen molar-refractivity contribution in [2.75, 3.05) is 25.0 Å². The van der Waals surface area contributed by atoms with E-state index in [0.717, 1.165) is 54.2 Å². The Balaban J connectivity index is 1.57. The maximum absolute atomic E-state index is 12.4. The fourth-order valence-electron chi connectivity index (χ4n) is 4.08. The minimum Gasteiger partial charge on any atom is -0.371 e. The highest BCUT2D eigenvalue weighted by Gasteiger charge is 2.22. The zero-order valence-electron chi connectivity index (χ0n) is 20.6. The third-order valence-corrected chi connectivity index (χ3v) is 6.23. The summed E-state index contributed by atoms with van der Waals surface area (Å²) in [6.07, 6.45) is 7.10. The molecule has 0 bridgehead atoms. The molecule has 1 aliphatic rings. The summed E-state index contributed by atoms with van der Waals surface area (Å²) < 4.78 is 0. The van der Waals surface area contributed by atoms with Gasteiger partial charge >= 0.3 is 6.03 Å². The SMILES string of the molecule is C=C/C=C\N=C(C)CNC(=O)Nc1cc(C(=C)N2CCC(c3ccc(C#N)cc3)CC2)ccc1C. The van der Waals surface area contributed by atoms with Crippen LogP contribution in [0.4, 0.5) is 10.5 Å². The Kier molecular flexibility index (Phi) is 9.02. The Labute approximate surface area is 208 Å². The van der Waals surface area contributed by atoms with Crippen molar-refractivity contribution in [3.05, 3.63) is 96.2 Å². The van der Waals surface area contributed by atoms with Crippen molar-refractivity contribution in [3.8, 4) is 6.07 Å². The van der Waals surface area contributed by atoms with Crippen molar-refractivity contribution in [3.63, 3.8) is 0 Å². The lowest BCUT2D eigenvalue weighted by Crippen LogP contribution is -2.33. The van der Waals surface area contributed by atoms with Crippen LogP contribution in [0.1, 0.15) is 47.9 Å². The van der Waals surface area contributed by atoms with Gasteiger partial charge in [0.05, 0.1) is 18.2 Å². The van der Waals surface area contributed by atoms with E-state index < -0.39 is 0 Å². The zero-order valence-corrected chi connectivity index (χ0v) is 20.6. The van der Waals surface area contributed by atoms with Crippen LogP contribution in [-0.4, -0.2) is 36.3 Å². The molecule has 0 aromatic heterocycles. The Hall–Kier alpha value is -4.11. The number of nitriles is 1. The molecule has 1 heterocycles. The number of hydrogen-bond acceptors (Lipinski definition) is 4. The lowest BCUT2D eigenvalue weighted by molar-refractivity contribution is 0.253. The Morgan fingerprint density at radius 1 is 1.23 bits per heavy atom. The summed E-state index contributed by atoms with van der Waals surface area (Å²) in [6, 6.07) is 15.9. The van der Waals surface area contributed by atoms with Crippen LogP contribution >= 0.6 is 0 Å². The molecule has 2 aromatic carbocycles. The van der Waals surface area contributed by atoms with Crippen molar-refractivity contribution in [2.24, 2.45) is 4.99 Å². The second kappa shape index (κ2) is 12.4. The predicted molar refractivity (Wildman–Crippen MR) is 144 cm³/mol. The molecule has 6 heteroatoms. The minimum atomic E-state index is -0.277. The van der Waals surface area contributed by atoms with Gasteiger partial charge in [-0.2, -0.15) is 5.26 Å². The monoisotopic (exact) mass is 467 g/mol. The van der Waals surface area contributed by atoms with Gasteiger partial charge in [0.1, 0.15) is 0 Å². The summed E-state index contributed by atoms with van der Waals surface area (Å²) >= 11 is 0. The van der Waals surface area contributed by atoms with Crippen LogP contribution in [0.25, 0.3) is 5.70 Å². The number of aliphatic imine (C=N–C) groups is 1. The molecule has 6 nitrogen and oxygen atoms in total. The maximum atomic E-state index is 12.4. The van der Waals surface area contributed by atoms with Gasteiger partial charge in [0.25, 0.3) is 0 Å². The molecule has 0 unspecified atom stereocenters. The lowest BCUT2D eigenvalue weighted by Gasteiger charge is -2.35. The molecular weight excluding hydrogens is 434 g/mol. The zero-order chi connectivity index (χ0) is 25.2. The average Bonchev–Trinajstić information content (AvgIpc) is 2.88. The number of anilines is 1. The number of benzene rings is 2. The van der Waals surface area contributed by atoms with Crippen molar-refractivity contribution in [1.82, 2.24) is 10.2 Å². The van der Waals surface area contributed by atoms with E-state index in [0.29, 0.717) is 18.0 Å². The molecule has 1 saturated heterocycles. The van der Waals surface area contributed by atoms with Crippen molar-refractivity contribution in [1.29, 1.82) is 5.26 Å². The summed E-state index contributed by atoms with van der Waals surface area (Å²) in [7, 11) is 0. The van der Waals surface area contributed by atoms with Crippen LogP contribution in [0, 0.1) is 18.3 Å². The highest BCUT2D eigenvalue weighted by molar-refractivity contribution is 5.94. The topological polar surface area (TPSA) is 80.5 Å². The number of urea groups is 1. The number of carbonyl (C=O) groups is 1. The van der Waals surface area contributed by atoms with E-state index in [4.69, 9.17) is 5.26 Å². The fraction of sp³-hybridized carbons (Fsp3) is 0.276. The summed E-state index contributed by atoms with van der Waals surface area (Å²) in [5.41, 5.74) is 6.48. The fourth-order valence-corrected chi connectivity index (χ4v) is 4.08. The number of likely N-dealkylation sites (tertiary alicyclic amines) is 1. The van der Waals surface area contributed by atoms with E-state index in [-0.39, 0.29) is 6.03 Å². The van der Waals surface area contributed by atoms with E-state index in [1.54, 1.807) is 18.4 Å². The maximum Gasteiger partial charge on any atom is 0.319 e. The normalized spacial score (nSPS) is 14.4. The number of aryl methyl sites for hydroxylation is 1. The van der Waals surface area contributed by atoms with Crippen molar-refractivity contribution < 1.29 is 4.79 Å². The summed E-state index contributed by atoms with van der Waals surface area (Å²) in [5.74, 6) is 0.491. The second-order valence-electron chi connectivity index (χ2n) is 8.72. The molecule has 0 aliphatic carbocycles. The second-order valence-corrected chi connectivity index (χ2v) is 8.72. The lowest BCUT2D eigenvalue weighted by atomic mass is 9.88. The minimum absolute atomic E-state index is 0.277. The Morgan fingerprint density at radius 3 is 2.60 bits per heavy atom. The van der Waals surface area contributed by atoms with E-state index in [1.807, 2.05) is 38.1 Å². The number of hydrogen-bond donors (Lipinski definition) is 2. The molecule has 2 amide bonds. The van der Waals surface area contributed by atoms with Gasteiger partial charge in [-0.15, -0.1) is 0 Å². The predicted octanol–water partition coefficient (Wildman–Crippen LogP) is 6.00. The molecular formula is C29H33N5O. The Morgan fingerprint density at radius 2 is 1.94 bits per heavy atom. The van der Waals surface area contributed by atoms with Gasteiger partial charge in [0.15, 0.2) is 0 Å². The van der Waals surface area contributed by atoms with Gasteiger partial charge in [-0.3, -0.25) is 4.99 Å². The van der Waals surface area contributed by atoms with Crippen LogP contribution in [0.15, 0.2) is 79.0 Å². The van der Waals surface area contributed by atoms with Gasteiger partial charge in [-0.25, -0.2) is 4.79 Å². The summed E-state index contributed by atoms with van der Waals surface area (Å²) in [4.78, 5) is 19.0. The number of allylic oxidation sites excluding steroid dienone is 2. The van der Waals surface area contributed by atoms with Gasteiger partial charge in [0.2, 0.25) is 0 Å². The molecule has 0 saturated carbocycles. The third kappa shape index (κ3) is 7.18. The van der Waals surface area contributed by atoms with Crippen LogP contribution in [-0.2, 0) is 0 Å². The van der Waals surface area contributed by atoms with E-state index in [9.17, 15) is 4.79 Å². The smallest absolute Gasteiger partial charge is 0.319 e. The molecule has 0 atom stereocenters. The van der Waals surface area contributed by atoms with Gasteiger partial charge in [-0.1, -0.05) is 43.5 Å². The first-order valence-corrected chi connectivity index (χ1v) is 11.8. The average molecular weight is 468 g/mol. The highest BCUT2D eigenvalue weighted by atomic mass is 16.2. The van der Waals surface area contributed by atoms with Crippen LogP contribution in [0.3, 0.4) is 0 Å². The number of carbonyl (C=O) groups excluding carboxylic acids is 1. The highest BCUT2D eigenvalue weighted by Crippen LogP contribution is 2.32. The number of nitrogens with one attached hydrogen (secondary N) is 2. The number of piperidine rings is 1. The summed E-state index contributed by atoms with van der Waals surface area (Å²) in [6.45, 7) is 14.0. The molecule has 3 rings (SSSR count). The molecule has 180 valence electrons.